The largest absolute Gasteiger partial charge is 0.382 e. The molecule has 1 amide bonds. The molecule has 2 heterocycles. The molecule has 4 N–H and O–H groups in total. The number of nitrogens with two attached hydrogens (primary N) is 1. The predicted octanol–water partition coefficient (Wildman–Crippen LogP) is 0.938. The lowest BCUT2D eigenvalue weighted by Crippen LogP contribution is -2.39. The molecular formula is C13H22N4O3S. The summed E-state index contributed by atoms with van der Waals surface area (Å²) in [5.74, 6) is 0.525. The van der Waals surface area contributed by atoms with E-state index in [2.05, 4.69) is 29.5 Å². The maximum absolute atomic E-state index is 12.1. The van der Waals surface area contributed by atoms with Crippen LogP contribution in [-0.4, -0.2) is 49.9 Å². The van der Waals surface area contributed by atoms with Gasteiger partial charge in [0.15, 0.2) is 5.13 Å². The van der Waals surface area contributed by atoms with Gasteiger partial charge in [-0.2, -0.15) is 0 Å². The number of anilines is 2. The molecular weight excluding hydrogens is 292 g/mol. The van der Waals surface area contributed by atoms with Crippen molar-refractivity contribution in [3.8, 4) is 0 Å². The molecule has 118 valence electrons. The zero-order chi connectivity index (χ0) is 15.2. The number of ether oxygens (including phenoxy) is 2. The van der Waals surface area contributed by atoms with E-state index in [0.717, 1.165) is 6.54 Å². The molecule has 0 spiro atoms. The van der Waals surface area contributed by atoms with Crippen molar-refractivity contribution in [2.24, 2.45) is 5.92 Å². The molecule has 0 aromatic carbocycles. The summed E-state index contributed by atoms with van der Waals surface area (Å²) in [6.45, 7) is 7.07. The molecule has 7 nitrogen and oxygen atoms in total. The maximum atomic E-state index is 12.1. The molecule has 1 aliphatic heterocycles. The van der Waals surface area contributed by atoms with Crippen LogP contribution in [0.25, 0.3) is 0 Å². The summed E-state index contributed by atoms with van der Waals surface area (Å²) < 4.78 is 10.8. The van der Waals surface area contributed by atoms with Crippen molar-refractivity contribution in [1.29, 1.82) is 0 Å². The summed E-state index contributed by atoms with van der Waals surface area (Å²) in [6, 6.07) is 0. The molecule has 0 radical (unpaired) electrons. The Morgan fingerprint density at radius 2 is 2.33 bits per heavy atom. The Bertz CT molecular complexity index is 472. The highest BCUT2D eigenvalue weighted by molar-refractivity contribution is 7.18. The fourth-order valence-electron chi connectivity index (χ4n) is 1.80. The van der Waals surface area contributed by atoms with Crippen LogP contribution in [0, 0.1) is 5.92 Å². The Hall–Kier alpha value is -1.38. The van der Waals surface area contributed by atoms with E-state index in [0.29, 0.717) is 42.3 Å². The summed E-state index contributed by atoms with van der Waals surface area (Å²) >= 11 is 1.26. The first-order valence-corrected chi connectivity index (χ1v) is 7.85. The van der Waals surface area contributed by atoms with Crippen LogP contribution in [0.15, 0.2) is 0 Å². The molecule has 0 aliphatic carbocycles. The van der Waals surface area contributed by atoms with E-state index in [1.54, 1.807) is 0 Å². The van der Waals surface area contributed by atoms with Crippen molar-refractivity contribution < 1.29 is 14.3 Å². The molecule has 1 aromatic heterocycles. The van der Waals surface area contributed by atoms with E-state index in [4.69, 9.17) is 15.2 Å². The van der Waals surface area contributed by atoms with E-state index in [9.17, 15) is 4.79 Å². The van der Waals surface area contributed by atoms with Crippen molar-refractivity contribution in [2.75, 3.05) is 44.0 Å². The van der Waals surface area contributed by atoms with Crippen LogP contribution in [0.2, 0.25) is 0 Å². The minimum Gasteiger partial charge on any atom is -0.382 e. The fraction of sp³-hybridized carbons (Fsp3) is 0.692. The normalized spacial score (nSPS) is 18.7. The summed E-state index contributed by atoms with van der Waals surface area (Å²) in [5.41, 5.74) is 5.80. The molecule has 0 bridgehead atoms. The fourth-order valence-corrected chi connectivity index (χ4v) is 2.61. The lowest BCUT2D eigenvalue weighted by atomic mass is 10.2. The molecule has 0 saturated carbocycles. The van der Waals surface area contributed by atoms with E-state index < -0.39 is 0 Å². The number of amides is 1. The van der Waals surface area contributed by atoms with Crippen molar-refractivity contribution >= 4 is 28.2 Å². The van der Waals surface area contributed by atoms with Crippen LogP contribution >= 0.6 is 11.3 Å². The van der Waals surface area contributed by atoms with E-state index in [-0.39, 0.29) is 17.8 Å². The molecule has 1 aliphatic rings. The summed E-state index contributed by atoms with van der Waals surface area (Å²) in [6.07, 6.45) is -0.101. The number of nitrogens with zero attached hydrogens (tertiary/aromatic N) is 1. The van der Waals surface area contributed by atoms with Crippen LogP contribution in [-0.2, 0) is 9.47 Å². The minimum absolute atomic E-state index is 0.101. The Morgan fingerprint density at radius 3 is 3.00 bits per heavy atom. The average molecular weight is 314 g/mol. The third-order valence-electron chi connectivity index (χ3n) is 2.90. The van der Waals surface area contributed by atoms with Crippen molar-refractivity contribution in [2.45, 2.75) is 20.0 Å². The number of nitrogen functional groups attached to an aromatic ring is 1. The number of carbonyl (C=O) groups is 1. The second-order valence-corrected chi connectivity index (χ2v) is 6.28. The van der Waals surface area contributed by atoms with Crippen molar-refractivity contribution in [3.05, 3.63) is 4.88 Å². The van der Waals surface area contributed by atoms with Gasteiger partial charge in [-0.25, -0.2) is 4.98 Å². The number of aromatic nitrogens is 1. The van der Waals surface area contributed by atoms with Gasteiger partial charge >= 0.3 is 0 Å². The maximum Gasteiger partial charge on any atom is 0.265 e. The lowest BCUT2D eigenvalue weighted by molar-refractivity contribution is -0.0855. The number of hydrogen-bond donors (Lipinski definition) is 3. The number of thiazole rings is 1. The van der Waals surface area contributed by atoms with Crippen molar-refractivity contribution in [3.63, 3.8) is 0 Å². The number of carbonyl (C=O) groups excluding carboxylic acids is 1. The predicted molar refractivity (Wildman–Crippen MR) is 82.7 cm³/mol. The molecule has 1 fully saturated rings. The first-order valence-electron chi connectivity index (χ1n) is 7.04. The van der Waals surface area contributed by atoms with Crippen LogP contribution in [0.5, 0.6) is 0 Å². The van der Waals surface area contributed by atoms with Gasteiger partial charge in [0.1, 0.15) is 10.7 Å². The van der Waals surface area contributed by atoms with E-state index in [1.807, 2.05) is 0 Å². The highest BCUT2D eigenvalue weighted by atomic mass is 32.1. The summed E-state index contributed by atoms with van der Waals surface area (Å²) in [7, 11) is 0. The number of nitrogens with one attached hydrogen (secondary N) is 2. The highest BCUT2D eigenvalue weighted by Gasteiger charge is 2.19. The van der Waals surface area contributed by atoms with Crippen LogP contribution in [0.4, 0.5) is 10.9 Å². The van der Waals surface area contributed by atoms with E-state index in [1.165, 1.54) is 11.3 Å². The molecule has 2 rings (SSSR count). The van der Waals surface area contributed by atoms with Gasteiger partial charge in [0.2, 0.25) is 0 Å². The topological polar surface area (TPSA) is 98.5 Å². The van der Waals surface area contributed by atoms with Gasteiger partial charge < -0.3 is 25.8 Å². The number of hydrogen-bond acceptors (Lipinski definition) is 7. The Morgan fingerprint density at radius 1 is 1.52 bits per heavy atom. The van der Waals surface area contributed by atoms with Gasteiger partial charge in [-0.15, -0.1) is 0 Å². The lowest BCUT2D eigenvalue weighted by Gasteiger charge is -2.22. The monoisotopic (exact) mass is 314 g/mol. The molecule has 1 aromatic rings. The molecule has 1 saturated heterocycles. The first kappa shape index (κ1) is 16.0. The summed E-state index contributed by atoms with van der Waals surface area (Å²) in [4.78, 5) is 16.7. The van der Waals surface area contributed by atoms with Gasteiger partial charge in [-0.05, 0) is 5.92 Å². The van der Waals surface area contributed by atoms with Gasteiger partial charge in [-0.3, -0.25) is 4.79 Å². The zero-order valence-electron chi connectivity index (χ0n) is 12.3. The highest BCUT2D eigenvalue weighted by Crippen LogP contribution is 2.24. The number of rotatable bonds is 6. The van der Waals surface area contributed by atoms with E-state index >= 15 is 0 Å². The van der Waals surface area contributed by atoms with Crippen molar-refractivity contribution in [1.82, 2.24) is 10.3 Å². The molecule has 8 heteroatoms. The molecule has 21 heavy (non-hydrogen) atoms. The van der Waals surface area contributed by atoms with Crippen LogP contribution in [0.3, 0.4) is 0 Å². The van der Waals surface area contributed by atoms with Gasteiger partial charge in [0.05, 0.1) is 25.9 Å². The Balaban J connectivity index is 1.86. The third kappa shape index (κ3) is 4.83. The molecule has 1 unspecified atom stereocenters. The zero-order valence-corrected chi connectivity index (χ0v) is 13.2. The smallest absolute Gasteiger partial charge is 0.265 e. The van der Waals surface area contributed by atoms with Gasteiger partial charge in [0, 0.05) is 13.1 Å². The van der Waals surface area contributed by atoms with Gasteiger partial charge in [-0.1, -0.05) is 25.2 Å². The first-order chi connectivity index (χ1) is 10.1. The second-order valence-electron chi connectivity index (χ2n) is 5.29. The standard InChI is InChI=1S/C13H22N4O3S/c1-8(2)5-16-13-17-11(14)10(21-13)12(18)15-6-9-7-19-3-4-20-9/h8-9H,3-7,14H2,1-2H3,(H,15,18)(H,16,17). The Labute approximate surface area is 128 Å². The van der Waals surface area contributed by atoms with Crippen LogP contribution < -0.4 is 16.4 Å². The molecule has 1 atom stereocenters. The SMILES string of the molecule is CC(C)CNc1nc(N)c(C(=O)NCC2COCCO2)s1. The van der Waals surface area contributed by atoms with Gasteiger partial charge in [0.25, 0.3) is 5.91 Å². The van der Waals surface area contributed by atoms with Crippen LogP contribution in [0.1, 0.15) is 23.5 Å². The third-order valence-corrected chi connectivity index (χ3v) is 3.92. The summed E-state index contributed by atoms with van der Waals surface area (Å²) in [5, 5.41) is 6.64. The second kappa shape index (κ2) is 7.58. The average Bonchev–Trinajstić information content (AvgIpc) is 2.85. The quantitative estimate of drug-likeness (QED) is 0.723. The minimum atomic E-state index is -0.225. The Kier molecular flexibility index (Phi) is 5.77.